The maximum Gasteiger partial charge on any atom is 0.502 e. The van der Waals surface area contributed by atoms with Crippen molar-refractivity contribution in [1.29, 1.82) is 0 Å². The first kappa shape index (κ1) is 12.6. The quantitative estimate of drug-likeness (QED) is 0.724. The van der Waals surface area contributed by atoms with Crippen molar-refractivity contribution >= 4 is 23.3 Å². The molecule has 2 aromatic rings. The molecule has 0 bridgehead atoms. The second-order valence-electron chi connectivity index (χ2n) is 4.10. The van der Waals surface area contributed by atoms with Crippen molar-refractivity contribution in [3.8, 4) is 0 Å². The Hall–Kier alpha value is -1.87. The molecule has 0 aliphatic rings. The molecule has 0 atom stereocenters. The molecule has 4 heteroatoms. The van der Waals surface area contributed by atoms with Crippen LogP contribution in [0.2, 0.25) is 5.02 Å². The van der Waals surface area contributed by atoms with Crippen molar-refractivity contribution in [2.45, 2.75) is 6.92 Å². The number of amides is 1. The van der Waals surface area contributed by atoms with E-state index in [1.807, 2.05) is 31.2 Å². The van der Waals surface area contributed by atoms with Gasteiger partial charge in [-0.15, -0.1) is 0 Å². The van der Waals surface area contributed by atoms with Gasteiger partial charge in [-0.05, 0) is 48.9 Å². The van der Waals surface area contributed by atoms with Crippen LogP contribution in [0.1, 0.15) is 5.56 Å². The van der Waals surface area contributed by atoms with Crippen LogP contribution in [0.5, 0.6) is 0 Å². The molecule has 0 aliphatic carbocycles. The lowest BCUT2D eigenvalue weighted by atomic mass is 10.3. The van der Waals surface area contributed by atoms with Crippen molar-refractivity contribution < 1.29 is 9.36 Å². The summed E-state index contributed by atoms with van der Waals surface area (Å²) < 4.78 is 1.54. The van der Waals surface area contributed by atoms with Crippen molar-refractivity contribution in [3.05, 3.63) is 59.4 Å². The van der Waals surface area contributed by atoms with Crippen LogP contribution in [0.4, 0.5) is 10.5 Å². The van der Waals surface area contributed by atoms with Crippen LogP contribution in [0.15, 0.2) is 48.8 Å². The number of hydrogen-bond acceptors (Lipinski definition) is 1. The van der Waals surface area contributed by atoms with E-state index in [4.69, 9.17) is 11.6 Å². The molecule has 0 saturated heterocycles. The van der Waals surface area contributed by atoms with E-state index in [2.05, 4.69) is 0 Å². The molecule has 0 fully saturated rings. The maximum atomic E-state index is 12.2. The highest BCUT2D eigenvalue weighted by molar-refractivity contribution is 6.30. The minimum atomic E-state index is -0.114. The van der Waals surface area contributed by atoms with E-state index in [0.29, 0.717) is 5.02 Å². The number of halogens is 1. The molecule has 3 nitrogen and oxygen atoms in total. The predicted molar refractivity (Wildman–Crippen MR) is 72.0 cm³/mol. The normalized spacial score (nSPS) is 10.2. The van der Waals surface area contributed by atoms with Crippen molar-refractivity contribution in [2.24, 2.45) is 0 Å². The van der Waals surface area contributed by atoms with Gasteiger partial charge in [-0.1, -0.05) is 11.6 Å². The Kier molecular flexibility index (Phi) is 3.63. The Labute approximate surface area is 111 Å². The van der Waals surface area contributed by atoms with Crippen molar-refractivity contribution in [1.82, 2.24) is 0 Å². The Morgan fingerprint density at radius 3 is 2.22 bits per heavy atom. The number of pyridine rings is 1. The zero-order valence-electron chi connectivity index (χ0n) is 10.3. The molecule has 0 saturated carbocycles. The van der Waals surface area contributed by atoms with Crippen molar-refractivity contribution in [2.75, 3.05) is 11.9 Å². The summed E-state index contributed by atoms with van der Waals surface area (Å²) in [5, 5.41) is 0.655. The molecule has 0 unspecified atom stereocenters. The van der Waals surface area contributed by atoms with E-state index in [9.17, 15) is 4.79 Å². The summed E-state index contributed by atoms with van der Waals surface area (Å²) in [4.78, 5) is 13.8. The third-order valence-corrected chi connectivity index (χ3v) is 2.97. The standard InChI is InChI=1S/C14H14ClN2O/c1-11-7-9-17(10-8-11)14(18)16(2)13-5-3-12(15)4-6-13/h3-10H,1-2H3/q+1. The number of anilines is 1. The average molecular weight is 262 g/mol. The van der Waals surface area contributed by atoms with Crippen molar-refractivity contribution in [3.63, 3.8) is 0 Å². The highest BCUT2D eigenvalue weighted by Crippen LogP contribution is 2.16. The summed E-state index contributed by atoms with van der Waals surface area (Å²) in [7, 11) is 1.73. The maximum absolute atomic E-state index is 12.2. The van der Waals surface area contributed by atoms with E-state index in [-0.39, 0.29) is 6.03 Å². The number of carbonyl (C=O) groups excluding carboxylic acids is 1. The van der Waals surface area contributed by atoms with E-state index in [1.54, 1.807) is 41.0 Å². The van der Waals surface area contributed by atoms with Gasteiger partial charge in [0.25, 0.3) is 0 Å². The minimum absolute atomic E-state index is 0.114. The summed E-state index contributed by atoms with van der Waals surface area (Å²) in [6.45, 7) is 1.98. The summed E-state index contributed by atoms with van der Waals surface area (Å²) in [5.41, 5.74) is 1.92. The highest BCUT2D eigenvalue weighted by Gasteiger charge is 2.21. The summed E-state index contributed by atoms with van der Waals surface area (Å²) in [6.07, 6.45) is 3.51. The second-order valence-corrected chi connectivity index (χ2v) is 4.54. The van der Waals surface area contributed by atoms with Gasteiger partial charge in [0.05, 0.1) is 19.4 Å². The summed E-state index contributed by atoms with van der Waals surface area (Å²) >= 11 is 5.82. The van der Waals surface area contributed by atoms with Gasteiger partial charge in [0, 0.05) is 5.02 Å². The summed E-state index contributed by atoms with van der Waals surface area (Å²) in [5.74, 6) is 0. The molecule has 1 amide bonds. The lowest BCUT2D eigenvalue weighted by molar-refractivity contribution is -0.569. The van der Waals surface area contributed by atoms with Gasteiger partial charge in [0.2, 0.25) is 0 Å². The minimum Gasteiger partial charge on any atom is -0.196 e. The summed E-state index contributed by atoms with van der Waals surface area (Å²) in [6, 6.07) is 10.8. The number of nitrogens with zero attached hydrogens (tertiary/aromatic N) is 2. The first-order valence-electron chi connectivity index (χ1n) is 5.59. The van der Waals surface area contributed by atoms with Crippen LogP contribution in [0, 0.1) is 6.92 Å². The molecule has 1 aromatic carbocycles. The highest BCUT2D eigenvalue weighted by atomic mass is 35.5. The molecule has 92 valence electrons. The van der Waals surface area contributed by atoms with E-state index < -0.39 is 0 Å². The van der Waals surface area contributed by atoms with Crippen LogP contribution in [-0.2, 0) is 0 Å². The van der Waals surface area contributed by atoms with Gasteiger partial charge in [0.1, 0.15) is 5.69 Å². The van der Waals surface area contributed by atoms with Gasteiger partial charge < -0.3 is 0 Å². The number of hydrogen-bond donors (Lipinski definition) is 0. The van der Waals surface area contributed by atoms with Crippen LogP contribution < -0.4 is 9.47 Å². The average Bonchev–Trinajstić information content (AvgIpc) is 2.39. The van der Waals surface area contributed by atoms with Crippen LogP contribution in [0.3, 0.4) is 0 Å². The molecule has 2 rings (SSSR count). The van der Waals surface area contributed by atoms with Crippen LogP contribution >= 0.6 is 11.6 Å². The van der Waals surface area contributed by atoms with E-state index in [1.165, 1.54) is 0 Å². The molecule has 0 spiro atoms. The number of aromatic nitrogens is 1. The monoisotopic (exact) mass is 261 g/mol. The zero-order chi connectivity index (χ0) is 13.1. The fourth-order valence-corrected chi connectivity index (χ4v) is 1.70. The molecule has 18 heavy (non-hydrogen) atoms. The van der Waals surface area contributed by atoms with Gasteiger partial charge in [-0.3, -0.25) is 0 Å². The lowest BCUT2D eigenvalue weighted by Crippen LogP contribution is -2.50. The molecule has 1 aromatic heterocycles. The molecule has 1 heterocycles. The molecular weight excluding hydrogens is 248 g/mol. The number of rotatable bonds is 1. The van der Waals surface area contributed by atoms with E-state index in [0.717, 1.165) is 11.3 Å². The molecule has 0 radical (unpaired) electrons. The molecular formula is C14H14ClN2O+. The predicted octanol–water partition coefficient (Wildman–Crippen LogP) is 3.04. The third-order valence-electron chi connectivity index (χ3n) is 2.72. The van der Waals surface area contributed by atoms with Crippen LogP contribution in [-0.4, -0.2) is 13.1 Å². The zero-order valence-corrected chi connectivity index (χ0v) is 11.1. The van der Waals surface area contributed by atoms with Gasteiger partial charge >= 0.3 is 6.03 Å². The number of aryl methyl sites for hydroxylation is 1. The van der Waals surface area contributed by atoms with E-state index >= 15 is 0 Å². The Morgan fingerprint density at radius 1 is 1.11 bits per heavy atom. The Morgan fingerprint density at radius 2 is 1.67 bits per heavy atom. The smallest absolute Gasteiger partial charge is 0.196 e. The van der Waals surface area contributed by atoms with Gasteiger partial charge in [0.15, 0.2) is 0 Å². The third kappa shape index (κ3) is 2.68. The molecule has 0 N–H and O–H groups in total. The molecule has 0 aliphatic heterocycles. The number of carbonyl (C=O) groups is 1. The largest absolute Gasteiger partial charge is 0.502 e. The van der Waals surface area contributed by atoms with Gasteiger partial charge in [-0.25, -0.2) is 0 Å². The first-order valence-corrected chi connectivity index (χ1v) is 5.97. The second kappa shape index (κ2) is 5.19. The lowest BCUT2D eigenvalue weighted by Gasteiger charge is -2.09. The van der Waals surface area contributed by atoms with Crippen LogP contribution in [0.25, 0.3) is 0 Å². The fraction of sp³-hybridized carbons (Fsp3) is 0.143. The fourth-order valence-electron chi connectivity index (χ4n) is 1.58. The topological polar surface area (TPSA) is 24.2 Å². The number of benzene rings is 1. The Bertz CT molecular complexity index is 549. The Balaban J connectivity index is 2.23. The van der Waals surface area contributed by atoms with Gasteiger partial charge in [-0.2, -0.15) is 14.3 Å². The first-order chi connectivity index (χ1) is 8.58. The SMILES string of the molecule is Cc1cc[n+](C(=O)N(C)c2ccc(Cl)cc2)cc1.